The largest absolute Gasteiger partial charge is 0.508 e. The lowest BCUT2D eigenvalue weighted by molar-refractivity contribution is -0.101. The summed E-state index contributed by atoms with van der Waals surface area (Å²) < 4.78 is 0. The van der Waals surface area contributed by atoms with E-state index in [1.165, 1.54) is 6.07 Å². The third kappa shape index (κ3) is 1.93. The van der Waals surface area contributed by atoms with Crippen LogP contribution in [0.4, 0.5) is 0 Å². The molecule has 0 aromatic heterocycles. The number of hydroxylamine groups is 1. The van der Waals surface area contributed by atoms with Crippen molar-refractivity contribution in [2.75, 3.05) is 0 Å². The molecule has 0 unspecified atom stereocenters. The van der Waals surface area contributed by atoms with Crippen LogP contribution < -0.4 is 0 Å². The molecule has 0 aliphatic carbocycles. The van der Waals surface area contributed by atoms with Gasteiger partial charge in [0.2, 0.25) is 0 Å². The van der Waals surface area contributed by atoms with Crippen LogP contribution in [0.3, 0.4) is 0 Å². The number of hydrogen-bond donors (Lipinski definition) is 2. The molecule has 0 aliphatic heterocycles. The van der Waals surface area contributed by atoms with Gasteiger partial charge in [0.1, 0.15) is 5.75 Å². The average molecular weight is 168 g/mol. The highest BCUT2D eigenvalue weighted by Gasteiger charge is 2.03. The van der Waals surface area contributed by atoms with E-state index in [2.05, 4.69) is 5.29 Å². The molecule has 1 aromatic rings. The molecule has 12 heavy (non-hydrogen) atoms. The van der Waals surface area contributed by atoms with Crippen molar-refractivity contribution in [1.29, 1.82) is 0 Å². The van der Waals surface area contributed by atoms with Crippen LogP contribution in [-0.2, 0) is 6.54 Å². The van der Waals surface area contributed by atoms with Crippen molar-refractivity contribution in [3.63, 3.8) is 0 Å². The number of phenolic OH excluding ortho intramolecular Hbond substituents is 1. The van der Waals surface area contributed by atoms with Gasteiger partial charge in [0.15, 0.2) is 0 Å². The summed E-state index contributed by atoms with van der Waals surface area (Å²) in [5.74, 6) is 0.0280. The number of aromatic hydroxyl groups is 1. The summed E-state index contributed by atoms with van der Waals surface area (Å²) in [7, 11) is 0. The molecule has 5 heteroatoms. The second kappa shape index (κ2) is 3.68. The molecule has 0 bridgehead atoms. The van der Waals surface area contributed by atoms with E-state index in [-0.39, 0.29) is 17.5 Å². The molecule has 0 spiro atoms. The van der Waals surface area contributed by atoms with Gasteiger partial charge in [-0.1, -0.05) is 18.2 Å². The molecule has 0 fully saturated rings. The molecular weight excluding hydrogens is 160 g/mol. The minimum absolute atomic E-state index is 0.0280. The maximum absolute atomic E-state index is 9.76. The molecular formula is C7H8N2O3. The van der Waals surface area contributed by atoms with Gasteiger partial charge in [-0.25, -0.2) is 0 Å². The second-order valence-corrected chi connectivity index (χ2v) is 2.24. The number of nitrogens with zero attached hydrogens (tertiary/aromatic N) is 2. The molecule has 0 aliphatic rings. The monoisotopic (exact) mass is 168 g/mol. The van der Waals surface area contributed by atoms with E-state index in [4.69, 9.17) is 5.21 Å². The quantitative estimate of drug-likeness (QED) is 0.526. The van der Waals surface area contributed by atoms with E-state index in [9.17, 15) is 10.0 Å². The first-order valence-electron chi connectivity index (χ1n) is 3.30. The Morgan fingerprint density at radius 1 is 1.42 bits per heavy atom. The highest BCUT2D eigenvalue weighted by atomic mass is 16.6. The number of nitroso groups, excluding NO2 is 1. The van der Waals surface area contributed by atoms with E-state index >= 15 is 0 Å². The Bertz CT molecular complexity index is 277. The summed E-state index contributed by atoms with van der Waals surface area (Å²) in [6.45, 7) is -0.115. The first-order valence-corrected chi connectivity index (χ1v) is 3.30. The Labute approximate surface area is 68.8 Å². The van der Waals surface area contributed by atoms with Crippen molar-refractivity contribution in [1.82, 2.24) is 5.17 Å². The zero-order valence-corrected chi connectivity index (χ0v) is 6.21. The van der Waals surface area contributed by atoms with Crippen molar-refractivity contribution in [3.8, 4) is 5.75 Å². The van der Waals surface area contributed by atoms with Crippen LogP contribution >= 0.6 is 0 Å². The van der Waals surface area contributed by atoms with Crippen molar-refractivity contribution < 1.29 is 10.3 Å². The van der Waals surface area contributed by atoms with Crippen LogP contribution in [0.2, 0.25) is 0 Å². The van der Waals surface area contributed by atoms with E-state index in [0.29, 0.717) is 5.56 Å². The van der Waals surface area contributed by atoms with E-state index in [1.807, 2.05) is 0 Å². The molecule has 0 heterocycles. The molecule has 1 aromatic carbocycles. The highest BCUT2D eigenvalue weighted by molar-refractivity contribution is 5.31. The van der Waals surface area contributed by atoms with Gasteiger partial charge in [0.25, 0.3) is 0 Å². The fourth-order valence-electron chi connectivity index (χ4n) is 0.826. The van der Waals surface area contributed by atoms with Gasteiger partial charge >= 0.3 is 0 Å². The molecule has 0 saturated heterocycles. The summed E-state index contributed by atoms with van der Waals surface area (Å²) in [5, 5.41) is 20.3. The van der Waals surface area contributed by atoms with Crippen LogP contribution in [0.5, 0.6) is 5.75 Å². The smallest absolute Gasteiger partial charge is 0.120 e. The van der Waals surface area contributed by atoms with Gasteiger partial charge in [-0.05, 0) is 6.07 Å². The molecule has 0 amide bonds. The number of phenols is 1. The number of rotatable bonds is 3. The van der Waals surface area contributed by atoms with Crippen molar-refractivity contribution in [2.24, 2.45) is 5.29 Å². The first-order chi connectivity index (χ1) is 5.74. The first kappa shape index (κ1) is 8.48. The van der Waals surface area contributed by atoms with Crippen LogP contribution in [0.25, 0.3) is 0 Å². The SMILES string of the molecule is O=NN(O)Cc1ccccc1O. The Morgan fingerprint density at radius 3 is 2.67 bits per heavy atom. The maximum Gasteiger partial charge on any atom is 0.120 e. The van der Waals surface area contributed by atoms with E-state index in [1.54, 1.807) is 18.2 Å². The predicted molar refractivity (Wildman–Crippen MR) is 41.2 cm³/mol. The summed E-state index contributed by atoms with van der Waals surface area (Å²) in [5.41, 5.74) is 0.444. The van der Waals surface area contributed by atoms with Crippen molar-refractivity contribution in [2.45, 2.75) is 6.54 Å². The Kier molecular flexibility index (Phi) is 2.60. The van der Waals surface area contributed by atoms with Gasteiger partial charge in [0.05, 0.1) is 11.8 Å². The highest BCUT2D eigenvalue weighted by Crippen LogP contribution is 2.16. The summed E-state index contributed by atoms with van der Waals surface area (Å²) >= 11 is 0. The molecule has 0 saturated carbocycles. The third-order valence-electron chi connectivity index (χ3n) is 1.40. The van der Waals surface area contributed by atoms with Crippen LogP contribution in [0.15, 0.2) is 29.6 Å². The van der Waals surface area contributed by atoms with Crippen molar-refractivity contribution >= 4 is 0 Å². The molecule has 0 atom stereocenters. The number of benzene rings is 1. The normalized spacial score (nSPS) is 9.42. The Hall–Kier alpha value is -1.62. The minimum atomic E-state index is -0.115. The van der Waals surface area contributed by atoms with Gasteiger partial charge in [-0.15, -0.1) is 10.1 Å². The third-order valence-corrected chi connectivity index (χ3v) is 1.40. The summed E-state index contributed by atoms with van der Waals surface area (Å²) in [6, 6.07) is 6.39. The lowest BCUT2D eigenvalue weighted by Gasteiger charge is -2.06. The lowest BCUT2D eigenvalue weighted by Crippen LogP contribution is -2.09. The zero-order valence-electron chi connectivity index (χ0n) is 6.21. The number of hydrogen-bond acceptors (Lipinski definition) is 4. The number of para-hydroxylation sites is 1. The molecule has 2 N–H and O–H groups in total. The van der Waals surface area contributed by atoms with Crippen LogP contribution in [0, 0.1) is 4.91 Å². The molecule has 5 nitrogen and oxygen atoms in total. The fourth-order valence-corrected chi connectivity index (χ4v) is 0.826. The maximum atomic E-state index is 9.76. The zero-order chi connectivity index (χ0) is 8.97. The predicted octanol–water partition coefficient (Wildman–Crippen LogP) is 1.26. The van der Waals surface area contributed by atoms with Gasteiger partial charge in [-0.2, -0.15) is 0 Å². The standard InChI is InChI=1S/C7H8N2O3/c10-7-4-2-1-3-6(7)5-9(12)8-11/h1-4,10,12H,5H2. The topological polar surface area (TPSA) is 73.1 Å². The second-order valence-electron chi connectivity index (χ2n) is 2.24. The van der Waals surface area contributed by atoms with Crippen molar-refractivity contribution in [3.05, 3.63) is 34.7 Å². The average Bonchev–Trinajstić information content (AvgIpc) is 2.09. The molecule has 1 rings (SSSR count). The van der Waals surface area contributed by atoms with Crippen LogP contribution in [-0.4, -0.2) is 15.5 Å². The fraction of sp³-hybridized carbons (Fsp3) is 0.143. The Morgan fingerprint density at radius 2 is 2.08 bits per heavy atom. The Balaban J connectivity index is 2.75. The summed E-state index contributed by atoms with van der Waals surface area (Å²) in [6.07, 6.45) is 0. The molecule has 0 radical (unpaired) electrons. The van der Waals surface area contributed by atoms with Gasteiger partial charge in [-0.3, -0.25) is 5.21 Å². The minimum Gasteiger partial charge on any atom is -0.508 e. The van der Waals surface area contributed by atoms with Gasteiger partial charge in [0, 0.05) is 5.56 Å². The van der Waals surface area contributed by atoms with Gasteiger partial charge < -0.3 is 5.11 Å². The molecule has 64 valence electrons. The van der Waals surface area contributed by atoms with Crippen LogP contribution in [0.1, 0.15) is 5.56 Å². The lowest BCUT2D eigenvalue weighted by atomic mass is 10.2. The van der Waals surface area contributed by atoms with E-state index in [0.717, 1.165) is 0 Å². The summed E-state index contributed by atoms with van der Waals surface area (Å²) in [4.78, 5) is 9.76. The van der Waals surface area contributed by atoms with E-state index < -0.39 is 0 Å².